The third-order valence-corrected chi connectivity index (χ3v) is 4.58. The molecule has 0 amide bonds. The lowest BCUT2D eigenvalue weighted by atomic mass is 9.97. The standard InChI is InChI=1S/C18H23N3O3S/c1-4-12(3)13-6-7-16(22)14(8-13)10-19-21-18-20-15(11-25-18)9-17(23)24-5-2/h6-8,10-12,22H,4-5,9H2,1-3H3,(H,20,21). The summed E-state index contributed by atoms with van der Waals surface area (Å²) in [4.78, 5) is 15.7. The molecule has 2 rings (SSSR count). The fourth-order valence-electron chi connectivity index (χ4n) is 2.18. The van der Waals surface area contributed by atoms with Crippen LogP contribution in [0.25, 0.3) is 0 Å². The quantitative estimate of drug-likeness (QED) is 0.423. The summed E-state index contributed by atoms with van der Waals surface area (Å²) in [6, 6.07) is 5.54. The number of carbonyl (C=O) groups is 1. The number of ether oxygens (including phenoxy) is 1. The number of benzene rings is 1. The average molecular weight is 361 g/mol. The number of hydrazone groups is 1. The maximum absolute atomic E-state index is 11.4. The van der Waals surface area contributed by atoms with Crippen LogP contribution in [0.1, 0.15) is 49.9 Å². The van der Waals surface area contributed by atoms with E-state index in [2.05, 4.69) is 29.4 Å². The molecule has 0 saturated heterocycles. The highest BCUT2D eigenvalue weighted by atomic mass is 32.1. The molecule has 0 aliphatic heterocycles. The molecule has 1 aromatic carbocycles. The molecule has 1 atom stereocenters. The van der Waals surface area contributed by atoms with Crippen molar-refractivity contribution in [2.24, 2.45) is 5.10 Å². The predicted octanol–water partition coefficient (Wildman–Crippen LogP) is 3.91. The van der Waals surface area contributed by atoms with Gasteiger partial charge in [-0.05, 0) is 37.0 Å². The van der Waals surface area contributed by atoms with E-state index in [4.69, 9.17) is 4.74 Å². The Balaban J connectivity index is 1.99. The number of esters is 1. The third kappa shape index (κ3) is 5.56. The molecular weight excluding hydrogens is 338 g/mol. The van der Waals surface area contributed by atoms with Crippen LogP contribution in [-0.4, -0.2) is 28.9 Å². The molecule has 0 spiro atoms. The van der Waals surface area contributed by atoms with Crippen molar-refractivity contribution in [2.45, 2.75) is 39.5 Å². The van der Waals surface area contributed by atoms with Crippen molar-refractivity contribution in [3.63, 3.8) is 0 Å². The van der Waals surface area contributed by atoms with Gasteiger partial charge in [0.25, 0.3) is 0 Å². The lowest BCUT2D eigenvalue weighted by Gasteiger charge is -2.10. The first-order valence-corrected chi connectivity index (χ1v) is 9.13. The van der Waals surface area contributed by atoms with E-state index >= 15 is 0 Å². The molecule has 1 aromatic heterocycles. The molecule has 2 N–H and O–H groups in total. The zero-order chi connectivity index (χ0) is 18.2. The molecule has 1 unspecified atom stereocenters. The van der Waals surface area contributed by atoms with Gasteiger partial charge in [0, 0.05) is 10.9 Å². The molecule has 0 aliphatic carbocycles. The van der Waals surface area contributed by atoms with Gasteiger partial charge in [0.2, 0.25) is 5.13 Å². The smallest absolute Gasteiger partial charge is 0.311 e. The van der Waals surface area contributed by atoms with Gasteiger partial charge in [0.05, 0.1) is 24.9 Å². The third-order valence-electron chi connectivity index (χ3n) is 3.78. The average Bonchev–Trinajstić information content (AvgIpc) is 3.03. The number of aromatic nitrogens is 1. The van der Waals surface area contributed by atoms with E-state index in [0.717, 1.165) is 12.0 Å². The summed E-state index contributed by atoms with van der Waals surface area (Å²) >= 11 is 1.35. The van der Waals surface area contributed by atoms with Crippen LogP contribution in [0.2, 0.25) is 0 Å². The van der Waals surface area contributed by atoms with E-state index in [1.807, 2.05) is 12.1 Å². The topological polar surface area (TPSA) is 83.8 Å². The summed E-state index contributed by atoms with van der Waals surface area (Å²) in [6.45, 7) is 6.40. The van der Waals surface area contributed by atoms with Crippen molar-refractivity contribution in [1.29, 1.82) is 0 Å². The lowest BCUT2D eigenvalue weighted by molar-refractivity contribution is -0.142. The SMILES string of the molecule is CCOC(=O)Cc1csc(NN=Cc2cc(C(C)CC)ccc2O)n1. The molecule has 25 heavy (non-hydrogen) atoms. The van der Waals surface area contributed by atoms with Gasteiger partial charge in [-0.1, -0.05) is 19.9 Å². The number of carbonyl (C=O) groups excluding carboxylic acids is 1. The second kappa shape index (κ2) is 9.17. The van der Waals surface area contributed by atoms with E-state index in [1.165, 1.54) is 11.3 Å². The van der Waals surface area contributed by atoms with E-state index in [-0.39, 0.29) is 18.1 Å². The molecule has 0 saturated carbocycles. The molecule has 0 fully saturated rings. The molecule has 7 heteroatoms. The van der Waals surface area contributed by atoms with Crippen molar-refractivity contribution in [3.8, 4) is 5.75 Å². The summed E-state index contributed by atoms with van der Waals surface area (Å²) in [5.74, 6) is 0.305. The first-order chi connectivity index (χ1) is 12.0. The molecule has 2 aromatic rings. The Morgan fingerprint density at radius 3 is 3.00 bits per heavy atom. The van der Waals surface area contributed by atoms with Crippen molar-refractivity contribution in [3.05, 3.63) is 40.4 Å². The largest absolute Gasteiger partial charge is 0.507 e. The van der Waals surface area contributed by atoms with Gasteiger partial charge < -0.3 is 9.84 Å². The van der Waals surface area contributed by atoms with E-state index in [0.29, 0.717) is 28.9 Å². The van der Waals surface area contributed by atoms with Gasteiger partial charge in [-0.3, -0.25) is 10.2 Å². The van der Waals surface area contributed by atoms with E-state index in [9.17, 15) is 9.90 Å². The van der Waals surface area contributed by atoms with Gasteiger partial charge >= 0.3 is 5.97 Å². The van der Waals surface area contributed by atoms with Gasteiger partial charge in [-0.25, -0.2) is 4.98 Å². The lowest BCUT2D eigenvalue weighted by Crippen LogP contribution is -2.07. The number of hydrogen-bond acceptors (Lipinski definition) is 7. The molecule has 1 heterocycles. The Morgan fingerprint density at radius 2 is 2.28 bits per heavy atom. The second-order valence-corrected chi connectivity index (χ2v) is 6.48. The highest BCUT2D eigenvalue weighted by molar-refractivity contribution is 7.13. The summed E-state index contributed by atoms with van der Waals surface area (Å²) < 4.78 is 4.89. The Bertz CT molecular complexity index is 743. The van der Waals surface area contributed by atoms with Crippen LogP contribution in [0.15, 0.2) is 28.7 Å². The maximum Gasteiger partial charge on any atom is 0.311 e. The highest BCUT2D eigenvalue weighted by Crippen LogP contribution is 2.24. The van der Waals surface area contributed by atoms with Crippen molar-refractivity contribution >= 4 is 28.7 Å². The van der Waals surface area contributed by atoms with E-state index in [1.54, 1.807) is 24.6 Å². The van der Waals surface area contributed by atoms with Gasteiger partial charge in [-0.15, -0.1) is 11.3 Å². The fraction of sp³-hybridized carbons (Fsp3) is 0.389. The minimum absolute atomic E-state index is 0.146. The summed E-state index contributed by atoms with van der Waals surface area (Å²) in [7, 11) is 0. The first-order valence-electron chi connectivity index (χ1n) is 8.25. The molecule has 6 nitrogen and oxygen atoms in total. The Hall–Kier alpha value is -2.41. The summed E-state index contributed by atoms with van der Waals surface area (Å²) in [5, 5.41) is 16.4. The number of hydrogen-bond donors (Lipinski definition) is 2. The number of rotatable bonds is 8. The number of anilines is 1. The molecule has 0 bridgehead atoms. The van der Waals surface area contributed by atoms with Crippen LogP contribution in [0.5, 0.6) is 5.75 Å². The van der Waals surface area contributed by atoms with Crippen molar-refractivity contribution in [2.75, 3.05) is 12.0 Å². The number of phenolic OH excluding ortho intramolecular Hbond substituents is 1. The zero-order valence-corrected chi connectivity index (χ0v) is 15.5. The highest BCUT2D eigenvalue weighted by Gasteiger charge is 2.08. The molecule has 0 radical (unpaired) electrons. The fourth-order valence-corrected chi connectivity index (χ4v) is 2.83. The van der Waals surface area contributed by atoms with Crippen LogP contribution in [0, 0.1) is 0 Å². The van der Waals surface area contributed by atoms with Crippen LogP contribution in [0.3, 0.4) is 0 Å². The zero-order valence-electron chi connectivity index (χ0n) is 14.7. The molecular formula is C18H23N3O3S. The van der Waals surface area contributed by atoms with Crippen molar-refractivity contribution in [1.82, 2.24) is 4.98 Å². The monoisotopic (exact) mass is 361 g/mol. The van der Waals surface area contributed by atoms with Crippen LogP contribution >= 0.6 is 11.3 Å². The minimum atomic E-state index is -0.297. The van der Waals surface area contributed by atoms with Gasteiger partial charge in [0.15, 0.2) is 0 Å². The normalized spacial score (nSPS) is 12.3. The number of phenols is 1. The van der Waals surface area contributed by atoms with Gasteiger partial charge in [-0.2, -0.15) is 5.10 Å². The van der Waals surface area contributed by atoms with Crippen molar-refractivity contribution < 1.29 is 14.6 Å². The number of nitrogens with one attached hydrogen (secondary N) is 1. The molecule has 134 valence electrons. The maximum atomic E-state index is 11.4. The Kier molecular flexibility index (Phi) is 6.94. The van der Waals surface area contributed by atoms with E-state index < -0.39 is 0 Å². The predicted molar refractivity (Wildman–Crippen MR) is 100 cm³/mol. The minimum Gasteiger partial charge on any atom is -0.507 e. The second-order valence-electron chi connectivity index (χ2n) is 5.62. The molecule has 0 aliphatic rings. The Labute approximate surface area is 151 Å². The number of thiazole rings is 1. The number of nitrogens with zero attached hydrogens (tertiary/aromatic N) is 2. The Morgan fingerprint density at radius 1 is 1.48 bits per heavy atom. The number of aromatic hydroxyl groups is 1. The van der Waals surface area contributed by atoms with Crippen LogP contribution in [-0.2, 0) is 16.0 Å². The van der Waals surface area contributed by atoms with Crippen LogP contribution in [0.4, 0.5) is 5.13 Å². The first kappa shape index (κ1) is 18.9. The van der Waals surface area contributed by atoms with Crippen LogP contribution < -0.4 is 5.43 Å². The van der Waals surface area contributed by atoms with Gasteiger partial charge in [0.1, 0.15) is 5.75 Å². The summed E-state index contributed by atoms with van der Waals surface area (Å²) in [5.41, 5.74) is 5.27. The summed E-state index contributed by atoms with van der Waals surface area (Å²) in [6.07, 6.45) is 2.74.